The van der Waals surface area contributed by atoms with Gasteiger partial charge in [-0.25, -0.2) is 0 Å². The number of rotatable bonds is 5. The molecule has 0 saturated carbocycles. The molecule has 2 aliphatic heterocycles. The first kappa shape index (κ1) is 20.9. The van der Waals surface area contributed by atoms with Crippen molar-refractivity contribution in [3.63, 3.8) is 0 Å². The van der Waals surface area contributed by atoms with E-state index in [9.17, 15) is 4.79 Å². The maximum absolute atomic E-state index is 12.7. The van der Waals surface area contributed by atoms with Gasteiger partial charge in [-0.3, -0.25) is 9.79 Å². The standard InChI is InChI=1S/C21H32ClN5O/c1-3-25-10-4-5-18(14-25)13-24-21(23-2)27-12-11-26(20(28)16-27)15-17-6-8-19(22)9-7-17/h6-9,18H,3-5,10-16H2,1-2H3,(H,23,24). The molecule has 28 heavy (non-hydrogen) atoms. The lowest BCUT2D eigenvalue weighted by molar-refractivity contribution is -0.135. The Morgan fingerprint density at radius 3 is 2.71 bits per heavy atom. The van der Waals surface area contributed by atoms with Crippen LogP contribution in [0.15, 0.2) is 29.3 Å². The molecule has 0 radical (unpaired) electrons. The summed E-state index contributed by atoms with van der Waals surface area (Å²) in [6, 6.07) is 7.70. The van der Waals surface area contributed by atoms with Crippen LogP contribution >= 0.6 is 11.6 Å². The Hall–Kier alpha value is -1.79. The highest BCUT2D eigenvalue weighted by Gasteiger charge is 2.27. The molecule has 154 valence electrons. The van der Waals surface area contributed by atoms with Crippen LogP contribution in [0.4, 0.5) is 0 Å². The third-order valence-electron chi connectivity index (χ3n) is 5.72. The first-order valence-corrected chi connectivity index (χ1v) is 10.7. The lowest BCUT2D eigenvalue weighted by Gasteiger charge is -2.37. The van der Waals surface area contributed by atoms with E-state index >= 15 is 0 Å². The molecule has 7 heteroatoms. The fraction of sp³-hybridized carbons (Fsp3) is 0.619. The van der Waals surface area contributed by atoms with Crippen molar-refractivity contribution in [3.8, 4) is 0 Å². The molecular formula is C21H32ClN5O. The van der Waals surface area contributed by atoms with Crippen molar-refractivity contribution in [1.29, 1.82) is 0 Å². The van der Waals surface area contributed by atoms with Crippen molar-refractivity contribution in [2.75, 3.05) is 52.9 Å². The third kappa shape index (κ3) is 5.61. The van der Waals surface area contributed by atoms with Crippen LogP contribution in [0.5, 0.6) is 0 Å². The minimum absolute atomic E-state index is 0.138. The number of guanidine groups is 1. The van der Waals surface area contributed by atoms with Gasteiger partial charge in [0.15, 0.2) is 5.96 Å². The Bertz CT molecular complexity index is 678. The molecule has 2 heterocycles. The number of piperidine rings is 1. The van der Waals surface area contributed by atoms with Crippen LogP contribution in [0.2, 0.25) is 5.02 Å². The molecule has 6 nitrogen and oxygen atoms in total. The Morgan fingerprint density at radius 1 is 1.25 bits per heavy atom. The number of carbonyl (C=O) groups is 1. The van der Waals surface area contributed by atoms with Crippen LogP contribution in [0.3, 0.4) is 0 Å². The average molecular weight is 406 g/mol. The van der Waals surface area contributed by atoms with Gasteiger partial charge < -0.3 is 20.0 Å². The Morgan fingerprint density at radius 2 is 2.04 bits per heavy atom. The van der Waals surface area contributed by atoms with Crippen LogP contribution in [0.1, 0.15) is 25.3 Å². The quantitative estimate of drug-likeness (QED) is 0.603. The Labute approximate surface area is 173 Å². The normalized spacial score (nSPS) is 21.9. The summed E-state index contributed by atoms with van der Waals surface area (Å²) in [6.07, 6.45) is 2.52. The molecule has 0 spiro atoms. The van der Waals surface area contributed by atoms with Crippen molar-refractivity contribution in [2.45, 2.75) is 26.3 Å². The molecule has 0 aliphatic carbocycles. The molecule has 0 bridgehead atoms. The maximum atomic E-state index is 12.7. The minimum Gasteiger partial charge on any atom is -0.356 e. The molecule has 2 fully saturated rings. The minimum atomic E-state index is 0.138. The summed E-state index contributed by atoms with van der Waals surface area (Å²) in [6.45, 7) is 9.13. The van der Waals surface area contributed by atoms with Crippen LogP contribution in [0, 0.1) is 5.92 Å². The molecule has 1 aromatic rings. The molecule has 1 N–H and O–H groups in total. The van der Waals surface area contributed by atoms with E-state index in [1.807, 2.05) is 29.2 Å². The van der Waals surface area contributed by atoms with E-state index in [1.165, 1.54) is 19.4 Å². The zero-order valence-electron chi connectivity index (χ0n) is 17.0. The summed E-state index contributed by atoms with van der Waals surface area (Å²) in [5.74, 6) is 1.62. The van der Waals surface area contributed by atoms with E-state index in [-0.39, 0.29) is 5.91 Å². The third-order valence-corrected chi connectivity index (χ3v) is 5.97. The second-order valence-electron chi connectivity index (χ2n) is 7.69. The summed E-state index contributed by atoms with van der Waals surface area (Å²) in [5, 5.41) is 4.23. The number of halogens is 1. The van der Waals surface area contributed by atoms with Crippen LogP contribution in [0.25, 0.3) is 0 Å². The van der Waals surface area contributed by atoms with E-state index < -0.39 is 0 Å². The van der Waals surface area contributed by atoms with Crippen molar-refractivity contribution < 1.29 is 4.79 Å². The predicted molar refractivity (Wildman–Crippen MR) is 115 cm³/mol. The van der Waals surface area contributed by atoms with E-state index in [4.69, 9.17) is 11.6 Å². The van der Waals surface area contributed by atoms with Gasteiger partial charge in [0.1, 0.15) is 0 Å². The molecule has 0 aromatic heterocycles. The molecule has 1 aromatic carbocycles. The smallest absolute Gasteiger partial charge is 0.242 e. The molecule has 3 rings (SSSR count). The van der Waals surface area contributed by atoms with E-state index in [0.29, 0.717) is 25.6 Å². The highest BCUT2D eigenvalue weighted by atomic mass is 35.5. The average Bonchev–Trinajstić information content (AvgIpc) is 2.72. The summed E-state index contributed by atoms with van der Waals surface area (Å²) in [5.41, 5.74) is 1.10. The first-order chi connectivity index (χ1) is 13.6. The van der Waals surface area contributed by atoms with Gasteiger partial charge in [-0.15, -0.1) is 0 Å². The van der Waals surface area contributed by atoms with E-state index in [0.717, 1.165) is 42.7 Å². The van der Waals surface area contributed by atoms with E-state index in [2.05, 4.69) is 27.0 Å². The number of hydrogen-bond donors (Lipinski definition) is 1. The molecular weight excluding hydrogens is 374 g/mol. The zero-order chi connectivity index (χ0) is 19.9. The molecule has 2 aliphatic rings. The molecule has 1 unspecified atom stereocenters. The predicted octanol–water partition coefficient (Wildman–Crippen LogP) is 2.29. The molecule has 1 amide bonds. The number of amides is 1. The second-order valence-corrected chi connectivity index (χ2v) is 8.13. The van der Waals surface area contributed by atoms with Gasteiger partial charge in [0, 0.05) is 44.8 Å². The lowest BCUT2D eigenvalue weighted by Crippen LogP contribution is -2.55. The van der Waals surface area contributed by atoms with Crippen LogP contribution in [-0.2, 0) is 11.3 Å². The fourth-order valence-electron chi connectivity index (χ4n) is 4.04. The summed E-state index contributed by atoms with van der Waals surface area (Å²) < 4.78 is 0. The van der Waals surface area contributed by atoms with Gasteiger partial charge in [-0.2, -0.15) is 0 Å². The number of carbonyl (C=O) groups excluding carboxylic acids is 1. The topological polar surface area (TPSA) is 51.2 Å². The van der Waals surface area contributed by atoms with Crippen molar-refractivity contribution in [3.05, 3.63) is 34.9 Å². The zero-order valence-corrected chi connectivity index (χ0v) is 17.8. The van der Waals surface area contributed by atoms with Gasteiger partial charge >= 0.3 is 0 Å². The Balaban J connectivity index is 1.48. The maximum Gasteiger partial charge on any atom is 0.242 e. The van der Waals surface area contributed by atoms with E-state index in [1.54, 1.807) is 7.05 Å². The number of likely N-dealkylation sites (tertiary alicyclic amines) is 1. The van der Waals surface area contributed by atoms with Gasteiger partial charge in [0.05, 0.1) is 6.54 Å². The van der Waals surface area contributed by atoms with Crippen LogP contribution in [-0.4, -0.2) is 79.4 Å². The van der Waals surface area contributed by atoms with Crippen molar-refractivity contribution in [2.24, 2.45) is 10.9 Å². The Kier molecular flexibility index (Phi) is 7.57. The highest BCUT2D eigenvalue weighted by molar-refractivity contribution is 6.30. The highest BCUT2D eigenvalue weighted by Crippen LogP contribution is 2.16. The van der Waals surface area contributed by atoms with Crippen molar-refractivity contribution >= 4 is 23.5 Å². The number of nitrogens with one attached hydrogen (secondary N) is 1. The number of hydrogen-bond acceptors (Lipinski definition) is 3. The van der Waals surface area contributed by atoms with Gasteiger partial charge in [-0.05, 0) is 49.5 Å². The molecule has 2 saturated heterocycles. The lowest BCUT2D eigenvalue weighted by atomic mass is 9.98. The number of nitrogens with zero attached hydrogens (tertiary/aromatic N) is 4. The van der Waals surface area contributed by atoms with Crippen LogP contribution < -0.4 is 5.32 Å². The first-order valence-electron chi connectivity index (χ1n) is 10.3. The largest absolute Gasteiger partial charge is 0.356 e. The fourth-order valence-corrected chi connectivity index (χ4v) is 4.17. The van der Waals surface area contributed by atoms with Crippen molar-refractivity contribution in [1.82, 2.24) is 20.0 Å². The summed E-state index contributed by atoms with van der Waals surface area (Å²) in [4.78, 5) is 23.6. The second kappa shape index (κ2) is 10.1. The molecule has 1 atom stereocenters. The monoisotopic (exact) mass is 405 g/mol. The number of aliphatic imine (C=N–C) groups is 1. The van der Waals surface area contributed by atoms with Gasteiger partial charge in [-0.1, -0.05) is 30.7 Å². The summed E-state index contributed by atoms with van der Waals surface area (Å²) >= 11 is 5.95. The van der Waals surface area contributed by atoms with Gasteiger partial charge in [0.25, 0.3) is 0 Å². The van der Waals surface area contributed by atoms with Gasteiger partial charge in [0.2, 0.25) is 5.91 Å². The number of piperazine rings is 1. The number of benzene rings is 1. The SMILES string of the molecule is CCN1CCCC(CNC(=NC)N2CCN(Cc3ccc(Cl)cc3)C(=O)C2)C1. The summed E-state index contributed by atoms with van der Waals surface area (Å²) in [7, 11) is 1.80.